The van der Waals surface area contributed by atoms with Gasteiger partial charge in [-0.25, -0.2) is 0 Å². The maximum Gasteiger partial charge on any atom is 0.325 e. The second-order valence-electron chi connectivity index (χ2n) is 3.69. The van der Waals surface area contributed by atoms with Crippen LogP contribution in [0.15, 0.2) is 6.20 Å². The van der Waals surface area contributed by atoms with Gasteiger partial charge in [-0.2, -0.15) is 15.4 Å². The molecular formula is C10H16N4O3. The van der Waals surface area contributed by atoms with Crippen molar-refractivity contribution in [3.05, 3.63) is 11.9 Å². The number of carbonyl (C=O) groups is 2. The van der Waals surface area contributed by atoms with Crippen LogP contribution in [0.4, 0.5) is 0 Å². The van der Waals surface area contributed by atoms with Crippen molar-refractivity contribution in [2.45, 2.75) is 26.8 Å². The molecule has 0 bridgehead atoms. The number of hydrogen-bond donors (Lipinski definition) is 1. The molecular weight excluding hydrogens is 224 g/mol. The van der Waals surface area contributed by atoms with Crippen LogP contribution in [0, 0.1) is 0 Å². The first-order valence-corrected chi connectivity index (χ1v) is 5.38. The Hall–Kier alpha value is -1.92. The molecule has 0 aromatic carbocycles. The van der Waals surface area contributed by atoms with Crippen LogP contribution in [0.5, 0.6) is 0 Å². The molecule has 0 aliphatic heterocycles. The molecule has 1 amide bonds. The van der Waals surface area contributed by atoms with Gasteiger partial charge in [-0.15, -0.1) is 0 Å². The highest BCUT2D eigenvalue weighted by atomic mass is 16.5. The highest BCUT2D eigenvalue weighted by Crippen LogP contribution is 2.05. The lowest BCUT2D eigenvalue weighted by atomic mass is 10.3. The average Bonchev–Trinajstić information content (AvgIpc) is 2.78. The van der Waals surface area contributed by atoms with Gasteiger partial charge in [0.1, 0.15) is 6.54 Å². The van der Waals surface area contributed by atoms with Gasteiger partial charge < -0.3 is 9.64 Å². The number of aromatic nitrogens is 3. The fraction of sp³-hybridized carbons (Fsp3) is 0.600. The van der Waals surface area contributed by atoms with Crippen molar-refractivity contribution in [3.63, 3.8) is 0 Å². The Labute approximate surface area is 99.1 Å². The number of H-pyrrole nitrogens is 1. The van der Waals surface area contributed by atoms with E-state index in [0.29, 0.717) is 6.61 Å². The molecule has 0 aliphatic carbocycles. The van der Waals surface area contributed by atoms with Crippen LogP contribution in [-0.2, 0) is 9.53 Å². The lowest BCUT2D eigenvalue weighted by Crippen LogP contribution is -2.41. The zero-order valence-electron chi connectivity index (χ0n) is 10.1. The smallest absolute Gasteiger partial charge is 0.325 e. The third kappa shape index (κ3) is 3.54. The van der Waals surface area contributed by atoms with E-state index in [1.807, 2.05) is 13.8 Å². The third-order valence-corrected chi connectivity index (χ3v) is 2.12. The van der Waals surface area contributed by atoms with E-state index in [1.54, 1.807) is 6.92 Å². The molecule has 0 fully saturated rings. The first-order chi connectivity index (χ1) is 8.06. The Kier molecular flexibility index (Phi) is 4.62. The Balaban J connectivity index is 2.73. The summed E-state index contributed by atoms with van der Waals surface area (Å²) in [4.78, 5) is 24.7. The van der Waals surface area contributed by atoms with Gasteiger partial charge in [0.05, 0.1) is 12.8 Å². The van der Waals surface area contributed by atoms with Crippen LogP contribution in [0.3, 0.4) is 0 Å². The molecule has 17 heavy (non-hydrogen) atoms. The Morgan fingerprint density at radius 3 is 2.71 bits per heavy atom. The second-order valence-corrected chi connectivity index (χ2v) is 3.69. The summed E-state index contributed by atoms with van der Waals surface area (Å²) in [5.74, 6) is -0.778. The van der Waals surface area contributed by atoms with Gasteiger partial charge in [0.25, 0.3) is 5.91 Å². The summed E-state index contributed by atoms with van der Waals surface area (Å²) in [7, 11) is 0. The first-order valence-electron chi connectivity index (χ1n) is 5.38. The SMILES string of the molecule is CCOC(=O)CN(C(=O)c1cn[nH]n1)C(C)C. The number of nitrogens with one attached hydrogen (secondary N) is 1. The summed E-state index contributed by atoms with van der Waals surface area (Å²) in [5, 5.41) is 9.61. The molecule has 0 radical (unpaired) electrons. The number of amides is 1. The Morgan fingerprint density at radius 2 is 2.24 bits per heavy atom. The minimum atomic E-state index is -0.432. The molecule has 1 N–H and O–H groups in total. The monoisotopic (exact) mass is 240 g/mol. The van der Waals surface area contributed by atoms with Crippen LogP contribution in [0.2, 0.25) is 0 Å². The van der Waals surface area contributed by atoms with Gasteiger partial charge in [0, 0.05) is 6.04 Å². The molecule has 0 atom stereocenters. The number of rotatable bonds is 5. The van der Waals surface area contributed by atoms with E-state index in [4.69, 9.17) is 4.74 Å². The van der Waals surface area contributed by atoms with E-state index in [-0.39, 0.29) is 24.2 Å². The molecule has 7 nitrogen and oxygen atoms in total. The van der Waals surface area contributed by atoms with Crippen molar-refractivity contribution < 1.29 is 14.3 Å². The fourth-order valence-electron chi connectivity index (χ4n) is 1.29. The van der Waals surface area contributed by atoms with Crippen LogP contribution >= 0.6 is 0 Å². The number of carbonyl (C=O) groups excluding carboxylic acids is 2. The minimum absolute atomic E-state index is 0.0861. The molecule has 1 aromatic heterocycles. The highest BCUT2D eigenvalue weighted by Gasteiger charge is 2.23. The summed E-state index contributed by atoms with van der Waals surface area (Å²) >= 11 is 0. The Bertz CT molecular complexity index is 375. The zero-order chi connectivity index (χ0) is 12.8. The number of nitrogens with zero attached hydrogens (tertiary/aromatic N) is 3. The predicted octanol–water partition coefficient (Wildman–Crippen LogP) is 0.218. The van der Waals surface area contributed by atoms with Gasteiger partial charge in [-0.1, -0.05) is 0 Å². The van der Waals surface area contributed by atoms with Crippen LogP contribution in [0.25, 0.3) is 0 Å². The zero-order valence-corrected chi connectivity index (χ0v) is 10.1. The van der Waals surface area contributed by atoms with Crippen molar-refractivity contribution >= 4 is 11.9 Å². The predicted molar refractivity (Wildman–Crippen MR) is 59.2 cm³/mol. The molecule has 0 saturated carbocycles. The van der Waals surface area contributed by atoms with E-state index in [9.17, 15) is 9.59 Å². The largest absolute Gasteiger partial charge is 0.465 e. The summed E-state index contributed by atoms with van der Waals surface area (Å²) in [5.41, 5.74) is 0.183. The summed E-state index contributed by atoms with van der Waals surface area (Å²) in [6.07, 6.45) is 1.32. The number of hydrogen-bond acceptors (Lipinski definition) is 5. The van der Waals surface area contributed by atoms with Gasteiger partial charge in [0.2, 0.25) is 0 Å². The van der Waals surface area contributed by atoms with E-state index >= 15 is 0 Å². The van der Waals surface area contributed by atoms with Gasteiger partial charge in [-0.3, -0.25) is 9.59 Å². The maximum absolute atomic E-state index is 12.0. The normalized spacial score (nSPS) is 10.4. The van der Waals surface area contributed by atoms with E-state index in [0.717, 1.165) is 0 Å². The second kappa shape index (κ2) is 5.97. The lowest BCUT2D eigenvalue weighted by molar-refractivity contribution is -0.144. The third-order valence-electron chi connectivity index (χ3n) is 2.12. The van der Waals surface area contributed by atoms with Gasteiger partial charge >= 0.3 is 5.97 Å². The molecule has 7 heteroatoms. The van der Waals surface area contributed by atoms with Crippen LogP contribution < -0.4 is 0 Å². The van der Waals surface area contributed by atoms with Crippen molar-refractivity contribution in [2.75, 3.05) is 13.2 Å². The molecule has 0 unspecified atom stereocenters. The summed E-state index contributed by atoms with van der Waals surface area (Å²) in [6.45, 7) is 5.56. The molecule has 0 aliphatic rings. The van der Waals surface area contributed by atoms with Crippen LogP contribution in [-0.4, -0.2) is 51.4 Å². The topological polar surface area (TPSA) is 88.2 Å². The first kappa shape index (κ1) is 13.1. The lowest BCUT2D eigenvalue weighted by Gasteiger charge is -2.24. The summed E-state index contributed by atoms with van der Waals surface area (Å²) < 4.78 is 4.81. The molecule has 1 heterocycles. The average molecular weight is 240 g/mol. The van der Waals surface area contributed by atoms with Gasteiger partial charge in [-0.05, 0) is 20.8 Å². The standard InChI is InChI=1S/C10H16N4O3/c1-4-17-9(15)6-14(7(2)3)10(16)8-5-11-13-12-8/h5,7H,4,6H2,1-3H3,(H,11,12,13). The van der Waals surface area contributed by atoms with E-state index in [1.165, 1.54) is 11.1 Å². The highest BCUT2D eigenvalue weighted by molar-refractivity contribution is 5.94. The molecule has 0 spiro atoms. The van der Waals surface area contributed by atoms with Crippen molar-refractivity contribution in [3.8, 4) is 0 Å². The number of esters is 1. The van der Waals surface area contributed by atoms with Crippen molar-refractivity contribution in [1.29, 1.82) is 0 Å². The van der Waals surface area contributed by atoms with Crippen molar-refractivity contribution in [2.24, 2.45) is 0 Å². The molecule has 1 aromatic rings. The summed E-state index contributed by atoms with van der Waals surface area (Å²) in [6, 6.07) is -0.122. The molecule has 1 rings (SSSR count). The van der Waals surface area contributed by atoms with Gasteiger partial charge in [0.15, 0.2) is 5.69 Å². The molecule has 0 saturated heterocycles. The van der Waals surface area contributed by atoms with Crippen LogP contribution in [0.1, 0.15) is 31.3 Å². The number of aromatic amines is 1. The van der Waals surface area contributed by atoms with E-state index in [2.05, 4.69) is 15.4 Å². The Morgan fingerprint density at radius 1 is 1.53 bits per heavy atom. The van der Waals surface area contributed by atoms with Crippen molar-refractivity contribution in [1.82, 2.24) is 20.3 Å². The maximum atomic E-state index is 12.0. The minimum Gasteiger partial charge on any atom is -0.465 e. The molecule has 94 valence electrons. The van der Waals surface area contributed by atoms with E-state index < -0.39 is 5.97 Å². The fourth-order valence-corrected chi connectivity index (χ4v) is 1.29. The quantitative estimate of drug-likeness (QED) is 0.744. The number of ether oxygens (including phenoxy) is 1.